The van der Waals surface area contributed by atoms with Crippen LogP contribution in [0, 0.1) is 5.92 Å². The van der Waals surface area contributed by atoms with Crippen LogP contribution in [-0.2, 0) is 9.53 Å². The Morgan fingerprint density at radius 1 is 1.75 bits per heavy atom. The minimum Gasteiger partial charge on any atom is -0.480 e. The molecule has 70 valence electrons. The van der Waals surface area contributed by atoms with E-state index >= 15 is 0 Å². The van der Waals surface area contributed by atoms with Crippen LogP contribution in [0.25, 0.3) is 0 Å². The summed E-state index contributed by atoms with van der Waals surface area (Å²) >= 11 is 0. The van der Waals surface area contributed by atoms with Crippen molar-refractivity contribution in [3.05, 3.63) is 0 Å². The number of hydrogen-bond donors (Lipinski definition) is 2. The molecule has 1 rings (SSSR count). The predicted octanol–water partition coefficient (Wildman–Crippen LogP) is 0.0856. The van der Waals surface area contributed by atoms with Crippen LogP contribution in [0.3, 0.4) is 0 Å². The molecule has 0 aromatic carbocycles. The molecule has 0 heterocycles. The lowest BCUT2D eigenvalue weighted by molar-refractivity contribution is -0.141. The average Bonchev–Trinajstić information content (AvgIpc) is 2.80. The standard InChI is InChI=1S/C8H15NO3/c1-9-7(8(10)11)5-12-4-6-2-3-6/h6-7,9H,2-5H2,1H3,(H,10,11). The fraction of sp³-hybridized carbons (Fsp3) is 0.875. The zero-order chi connectivity index (χ0) is 8.97. The van der Waals surface area contributed by atoms with E-state index in [1.807, 2.05) is 0 Å². The Morgan fingerprint density at radius 3 is 2.83 bits per heavy atom. The summed E-state index contributed by atoms with van der Waals surface area (Å²) in [5.74, 6) is -0.162. The van der Waals surface area contributed by atoms with E-state index in [0.29, 0.717) is 12.5 Å². The number of hydrogen-bond acceptors (Lipinski definition) is 3. The van der Waals surface area contributed by atoms with E-state index in [1.165, 1.54) is 12.8 Å². The van der Waals surface area contributed by atoms with Crippen molar-refractivity contribution >= 4 is 5.97 Å². The van der Waals surface area contributed by atoms with Gasteiger partial charge < -0.3 is 15.2 Å². The normalized spacial score (nSPS) is 19.1. The molecular weight excluding hydrogens is 158 g/mol. The lowest BCUT2D eigenvalue weighted by Gasteiger charge is -2.10. The summed E-state index contributed by atoms with van der Waals surface area (Å²) in [6.45, 7) is 0.980. The second-order valence-electron chi connectivity index (χ2n) is 3.16. The molecule has 0 aromatic heterocycles. The number of carbonyl (C=O) groups is 1. The Morgan fingerprint density at radius 2 is 2.42 bits per heavy atom. The third-order valence-electron chi connectivity index (χ3n) is 1.98. The lowest BCUT2D eigenvalue weighted by atomic mass is 10.3. The van der Waals surface area contributed by atoms with Crippen LogP contribution in [0.2, 0.25) is 0 Å². The maximum Gasteiger partial charge on any atom is 0.323 e. The van der Waals surface area contributed by atoms with Gasteiger partial charge in [0.2, 0.25) is 0 Å². The molecule has 0 amide bonds. The van der Waals surface area contributed by atoms with Gasteiger partial charge in [0.25, 0.3) is 0 Å². The van der Waals surface area contributed by atoms with Crippen LogP contribution in [0.1, 0.15) is 12.8 Å². The molecule has 1 atom stereocenters. The van der Waals surface area contributed by atoms with Gasteiger partial charge in [-0.25, -0.2) is 0 Å². The van der Waals surface area contributed by atoms with Crippen LogP contribution >= 0.6 is 0 Å². The van der Waals surface area contributed by atoms with Gasteiger partial charge in [-0.1, -0.05) is 0 Å². The van der Waals surface area contributed by atoms with E-state index in [-0.39, 0.29) is 6.61 Å². The maximum atomic E-state index is 10.5. The fourth-order valence-corrected chi connectivity index (χ4v) is 0.915. The second kappa shape index (κ2) is 4.42. The molecule has 4 heteroatoms. The molecule has 0 bridgehead atoms. The number of carboxylic acids is 1. The first-order valence-corrected chi connectivity index (χ1v) is 4.22. The Kier molecular flexibility index (Phi) is 3.49. The molecule has 0 aliphatic heterocycles. The van der Waals surface area contributed by atoms with Crippen LogP contribution in [0.5, 0.6) is 0 Å². The van der Waals surface area contributed by atoms with E-state index < -0.39 is 12.0 Å². The highest BCUT2D eigenvalue weighted by molar-refractivity contribution is 5.73. The molecule has 1 unspecified atom stereocenters. The van der Waals surface area contributed by atoms with Gasteiger partial charge >= 0.3 is 5.97 Å². The van der Waals surface area contributed by atoms with Gasteiger partial charge in [-0.15, -0.1) is 0 Å². The van der Waals surface area contributed by atoms with Gasteiger partial charge in [0.15, 0.2) is 0 Å². The molecule has 1 aliphatic rings. The third-order valence-corrected chi connectivity index (χ3v) is 1.98. The van der Waals surface area contributed by atoms with Gasteiger partial charge in [0.05, 0.1) is 6.61 Å². The summed E-state index contributed by atoms with van der Waals surface area (Å²) in [7, 11) is 1.62. The van der Waals surface area contributed by atoms with E-state index in [2.05, 4.69) is 5.32 Å². The first-order valence-electron chi connectivity index (χ1n) is 4.22. The Labute approximate surface area is 71.9 Å². The highest BCUT2D eigenvalue weighted by atomic mass is 16.5. The molecule has 0 spiro atoms. The number of nitrogens with one attached hydrogen (secondary N) is 1. The van der Waals surface area contributed by atoms with E-state index in [0.717, 1.165) is 0 Å². The average molecular weight is 173 g/mol. The molecule has 2 N–H and O–H groups in total. The van der Waals surface area contributed by atoms with Gasteiger partial charge in [0, 0.05) is 6.61 Å². The van der Waals surface area contributed by atoms with Crippen LogP contribution in [0.15, 0.2) is 0 Å². The van der Waals surface area contributed by atoms with E-state index in [4.69, 9.17) is 9.84 Å². The summed E-state index contributed by atoms with van der Waals surface area (Å²) < 4.78 is 5.23. The molecule has 0 radical (unpaired) electrons. The lowest BCUT2D eigenvalue weighted by Crippen LogP contribution is -2.38. The maximum absolute atomic E-state index is 10.5. The van der Waals surface area contributed by atoms with Crippen molar-refractivity contribution in [2.45, 2.75) is 18.9 Å². The third kappa shape index (κ3) is 3.19. The molecule has 1 fully saturated rings. The zero-order valence-corrected chi connectivity index (χ0v) is 7.25. The van der Waals surface area contributed by atoms with Crippen molar-refractivity contribution in [2.24, 2.45) is 5.92 Å². The predicted molar refractivity (Wildman–Crippen MR) is 44.0 cm³/mol. The number of ether oxygens (including phenoxy) is 1. The first-order chi connectivity index (χ1) is 5.74. The summed E-state index contributed by atoms with van der Waals surface area (Å²) in [4.78, 5) is 10.5. The summed E-state index contributed by atoms with van der Waals surface area (Å²) in [6, 6.07) is -0.566. The number of rotatable bonds is 6. The minimum atomic E-state index is -0.853. The van der Waals surface area contributed by atoms with Gasteiger partial charge in [-0.2, -0.15) is 0 Å². The van der Waals surface area contributed by atoms with Gasteiger partial charge in [0.1, 0.15) is 6.04 Å². The Hall–Kier alpha value is -0.610. The fourth-order valence-electron chi connectivity index (χ4n) is 0.915. The summed E-state index contributed by atoms with van der Waals surface area (Å²) in [6.07, 6.45) is 2.47. The summed E-state index contributed by atoms with van der Waals surface area (Å²) in [5.41, 5.74) is 0. The molecule has 1 saturated carbocycles. The van der Waals surface area contributed by atoms with Crippen molar-refractivity contribution < 1.29 is 14.6 Å². The van der Waals surface area contributed by atoms with Crippen LogP contribution in [-0.4, -0.2) is 37.4 Å². The molecular formula is C8H15NO3. The number of likely N-dealkylation sites (N-methyl/N-ethyl adjacent to an activating group) is 1. The Bertz CT molecular complexity index is 156. The van der Waals surface area contributed by atoms with Crippen molar-refractivity contribution in [3.8, 4) is 0 Å². The van der Waals surface area contributed by atoms with E-state index in [1.54, 1.807) is 7.05 Å². The molecule has 0 saturated heterocycles. The first kappa shape index (κ1) is 9.48. The topological polar surface area (TPSA) is 58.6 Å². The van der Waals surface area contributed by atoms with Crippen molar-refractivity contribution in [3.63, 3.8) is 0 Å². The van der Waals surface area contributed by atoms with Gasteiger partial charge in [-0.05, 0) is 25.8 Å². The second-order valence-corrected chi connectivity index (χ2v) is 3.16. The van der Waals surface area contributed by atoms with Crippen molar-refractivity contribution in [1.82, 2.24) is 5.32 Å². The number of carboxylic acid groups (broad SMARTS) is 1. The highest BCUT2D eigenvalue weighted by Gasteiger charge is 2.22. The van der Waals surface area contributed by atoms with Gasteiger partial charge in [-0.3, -0.25) is 4.79 Å². The highest BCUT2D eigenvalue weighted by Crippen LogP contribution is 2.28. The van der Waals surface area contributed by atoms with E-state index in [9.17, 15) is 4.79 Å². The van der Waals surface area contributed by atoms with Crippen LogP contribution < -0.4 is 5.32 Å². The molecule has 12 heavy (non-hydrogen) atoms. The van der Waals surface area contributed by atoms with Crippen molar-refractivity contribution in [1.29, 1.82) is 0 Å². The SMILES string of the molecule is CNC(COCC1CC1)C(=O)O. The number of aliphatic carboxylic acids is 1. The summed E-state index contributed by atoms with van der Waals surface area (Å²) in [5, 5.41) is 11.3. The molecule has 0 aromatic rings. The largest absolute Gasteiger partial charge is 0.480 e. The van der Waals surface area contributed by atoms with Crippen molar-refractivity contribution in [2.75, 3.05) is 20.3 Å². The van der Waals surface area contributed by atoms with Crippen LogP contribution in [0.4, 0.5) is 0 Å². The zero-order valence-electron chi connectivity index (χ0n) is 7.25. The smallest absolute Gasteiger partial charge is 0.323 e. The Balaban J connectivity index is 2.05. The molecule has 4 nitrogen and oxygen atoms in total. The monoisotopic (exact) mass is 173 g/mol. The molecule has 1 aliphatic carbocycles. The minimum absolute atomic E-state index is 0.266. The quantitative estimate of drug-likeness (QED) is 0.597.